The van der Waals surface area contributed by atoms with Crippen LogP contribution >= 0.6 is 11.6 Å². The number of carbonyl (C=O) groups excluding carboxylic acids is 1. The van der Waals surface area contributed by atoms with Crippen molar-refractivity contribution in [1.82, 2.24) is 4.98 Å². The Morgan fingerprint density at radius 3 is 2.76 bits per heavy atom. The lowest BCUT2D eigenvalue weighted by Gasteiger charge is -2.07. The minimum absolute atomic E-state index is 0.0294. The maximum absolute atomic E-state index is 11.7. The highest BCUT2D eigenvalue weighted by Gasteiger charge is 2.15. The topological polar surface area (TPSA) is 94.4 Å². The fourth-order valence-electron chi connectivity index (χ4n) is 1.50. The Hall–Kier alpha value is -2.67. The zero-order chi connectivity index (χ0) is 15.2. The van der Waals surface area contributed by atoms with Gasteiger partial charge in [0.15, 0.2) is 12.4 Å². The lowest BCUT2D eigenvalue weighted by molar-refractivity contribution is -0.385. The number of benzene rings is 1. The van der Waals surface area contributed by atoms with E-state index in [-0.39, 0.29) is 18.0 Å². The molecule has 0 aliphatic rings. The van der Waals surface area contributed by atoms with Gasteiger partial charge in [-0.3, -0.25) is 14.9 Å². The SMILES string of the molecule is O=C(COc1ccccc1[N+](=O)[O-])Nc1ccc(Cl)cn1. The highest BCUT2D eigenvalue weighted by molar-refractivity contribution is 6.30. The van der Waals surface area contributed by atoms with Crippen molar-refractivity contribution >= 4 is 29.0 Å². The molecule has 0 aliphatic carbocycles. The number of carbonyl (C=O) groups is 1. The number of nitro benzene ring substituents is 1. The zero-order valence-electron chi connectivity index (χ0n) is 10.7. The summed E-state index contributed by atoms with van der Waals surface area (Å²) in [4.78, 5) is 25.8. The second-order valence-electron chi connectivity index (χ2n) is 3.92. The van der Waals surface area contributed by atoms with Gasteiger partial charge in [0.1, 0.15) is 5.82 Å². The molecule has 2 aromatic rings. The van der Waals surface area contributed by atoms with Gasteiger partial charge < -0.3 is 10.1 Å². The second-order valence-corrected chi connectivity index (χ2v) is 4.36. The molecule has 8 heteroatoms. The van der Waals surface area contributed by atoms with Crippen LogP contribution in [0.25, 0.3) is 0 Å². The van der Waals surface area contributed by atoms with Gasteiger partial charge in [0.05, 0.1) is 9.95 Å². The molecule has 108 valence electrons. The summed E-state index contributed by atoms with van der Waals surface area (Å²) in [5.74, 6) is -0.139. The first-order valence-corrected chi connectivity index (χ1v) is 6.21. The van der Waals surface area contributed by atoms with E-state index in [0.717, 1.165) is 0 Å². The van der Waals surface area contributed by atoms with Crippen LogP contribution in [-0.4, -0.2) is 22.4 Å². The van der Waals surface area contributed by atoms with Crippen LogP contribution in [0.3, 0.4) is 0 Å². The van der Waals surface area contributed by atoms with Crippen LogP contribution < -0.4 is 10.1 Å². The number of amides is 1. The van der Waals surface area contributed by atoms with Crippen molar-refractivity contribution in [1.29, 1.82) is 0 Å². The van der Waals surface area contributed by atoms with Crippen LogP contribution in [0.4, 0.5) is 11.5 Å². The quantitative estimate of drug-likeness (QED) is 0.677. The average Bonchev–Trinajstić information content (AvgIpc) is 2.48. The fourth-order valence-corrected chi connectivity index (χ4v) is 1.61. The van der Waals surface area contributed by atoms with Gasteiger partial charge in [-0.2, -0.15) is 0 Å². The molecule has 1 heterocycles. The summed E-state index contributed by atoms with van der Waals surface area (Å²) in [7, 11) is 0. The summed E-state index contributed by atoms with van der Waals surface area (Å²) in [5.41, 5.74) is -0.199. The minimum atomic E-state index is -0.575. The van der Waals surface area contributed by atoms with E-state index in [2.05, 4.69) is 10.3 Å². The molecule has 0 bridgehead atoms. The number of anilines is 1. The van der Waals surface area contributed by atoms with Gasteiger partial charge in [0.2, 0.25) is 0 Å². The molecule has 21 heavy (non-hydrogen) atoms. The van der Waals surface area contributed by atoms with Gasteiger partial charge in [-0.25, -0.2) is 4.98 Å². The first-order valence-electron chi connectivity index (χ1n) is 5.84. The van der Waals surface area contributed by atoms with Crippen molar-refractivity contribution in [3.05, 3.63) is 57.7 Å². The molecule has 0 radical (unpaired) electrons. The van der Waals surface area contributed by atoms with E-state index < -0.39 is 10.8 Å². The smallest absolute Gasteiger partial charge is 0.310 e. The number of para-hydroxylation sites is 2. The Labute approximate surface area is 124 Å². The number of aromatic nitrogens is 1. The first kappa shape index (κ1) is 14.7. The van der Waals surface area contributed by atoms with Gasteiger partial charge in [0, 0.05) is 12.3 Å². The van der Waals surface area contributed by atoms with Crippen LogP contribution in [0.1, 0.15) is 0 Å². The lowest BCUT2D eigenvalue weighted by Crippen LogP contribution is -2.20. The number of hydrogen-bond donors (Lipinski definition) is 1. The van der Waals surface area contributed by atoms with Crippen molar-refractivity contribution < 1.29 is 14.5 Å². The van der Waals surface area contributed by atoms with E-state index in [4.69, 9.17) is 16.3 Å². The van der Waals surface area contributed by atoms with E-state index >= 15 is 0 Å². The molecule has 1 aromatic heterocycles. The summed E-state index contributed by atoms with van der Waals surface area (Å²) in [5, 5.41) is 13.7. The van der Waals surface area contributed by atoms with Gasteiger partial charge in [-0.15, -0.1) is 0 Å². The number of nitro groups is 1. The van der Waals surface area contributed by atoms with E-state index in [1.807, 2.05) is 0 Å². The van der Waals surface area contributed by atoms with Gasteiger partial charge in [-0.05, 0) is 18.2 Å². The Morgan fingerprint density at radius 1 is 1.33 bits per heavy atom. The molecule has 1 N–H and O–H groups in total. The molecule has 7 nitrogen and oxygen atoms in total. The van der Waals surface area contributed by atoms with Crippen molar-refractivity contribution in [2.45, 2.75) is 0 Å². The Kier molecular flexibility index (Phi) is 4.68. The van der Waals surface area contributed by atoms with Crippen LogP contribution in [0.15, 0.2) is 42.6 Å². The van der Waals surface area contributed by atoms with Crippen molar-refractivity contribution in [3.8, 4) is 5.75 Å². The normalized spacial score (nSPS) is 9.95. The molecular weight excluding hydrogens is 298 g/mol. The van der Waals surface area contributed by atoms with Crippen LogP contribution in [0.2, 0.25) is 5.02 Å². The predicted octanol–water partition coefficient (Wildman–Crippen LogP) is 2.66. The third-order valence-corrected chi connectivity index (χ3v) is 2.64. The van der Waals surface area contributed by atoms with Gasteiger partial charge >= 0.3 is 5.69 Å². The van der Waals surface area contributed by atoms with E-state index in [1.54, 1.807) is 12.1 Å². The number of rotatable bonds is 5. The number of nitrogens with one attached hydrogen (secondary N) is 1. The molecule has 0 fully saturated rings. The van der Waals surface area contributed by atoms with Crippen LogP contribution in [0, 0.1) is 10.1 Å². The maximum Gasteiger partial charge on any atom is 0.310 e. The monoisotopic (exact) mass is 307 g/mol. The Balaban J connectivity index is 1.95. The summed E-state index contributed by atoms with van der Waals surface area (Å²) >= 11 is 5.67. The van der Waals surface area contributed by atoms with Crippen molar-refractivity contribution in [2.24, 2.45) is 0 Å². The highest BCUT2D eigenvalue weighted by atomic mass is 35.5. The lowest BCUT2D eigenvalue weighted by atomic mass is 10.3. The summed E-state index contributed by atoms with van der Waals surface area (Å²) in [6, 6.07) is 8.93. The van der Waals surface area contributed by atoms with Crippen LogP contribution in [-0.2, 0) is 4.79 Å². The summed E-state index contributed by atoms with van der Waals surface area (Å²) in [6.45, 7) is -0.366. The first-order chi connectivity index (χ1) is 10.1. The molecule has 0 spiro atoms. The second kappa shape index (κ2) is 6.67. The number of pyridine rings is 1. The molecule has 0 saturated carbocycles. The number of nitrogens with zero attached hydrogens (tertiary/aromatic N) is 2. The molecule has 2 rings (SSSR count). The molecule has 1 aromatic carbocycles. The molecule has 0 saturated heterocycles. The molecule has 0 atom stereocenters. The van der Waals surface area contributed by atoms with Crippen molar-refractivity contribution in [2.75, 3.05) is 11.9 Å². The predicted molar refractivity (Wildman–Crippen MR) is 76.5 cm³/mol. The average molecular weight is 308 g/mol. The number of ether oxygens (including phenoxy) is 1. The molecule has 1 amide bonds. The summed E-state index contributed by atoms with van der Waals surface area (Å²) < 4.78 is 5.15. The van der Waals surface area contributed by atoms with Gasteiger partial charge in [0.25, 0.3) is 5.91 Å². The molecular formula is C13H10ClN3O4. The van der Waals surface area contributed by atoms with Crippen molar-refractivity contribution in [3.63, 3.8) is 0 Å². The maximum atomic E-state index is 11.7. The number of hydrogen-bond acceptors (Lipinski definition) is 5. The number of halogens is 1. The Morgan fingerprint density at radius 2 is 2.10 bits per heavy atom. The minimum Gasteiger partial charge on any atom is -0.477 e. The highest BCUT2D eigenvalue weighted by Crippen LogP contribution is 2.25. The third kappa shape index (κ3) is 4.15. The molecule has 0 aliphatic heterocycles. The zero-order valence-corrected chi connectivity index (χ0v) is 11.4. The standard InChI is InChI=1S/C13H10ClN3O4/c14-9-5-6-12(15-7-9)16-13(18)8-21-11-4-2-1-3-10(11)17(19)20/h1-7H,8H2,(H,15,16,18). The molecule has 0 unspecified atom stereocenters. The van der Waals surface area contributed by atoms with E-state index in [1.165, 1.54) is 30.5 Å². The van der Waals surface area contributed by atoms with Crippen LogP contribution in [0.5, 0.6) is 5.75 Å². The fraction of sp³-hybridized carbons (Fsp3) is 0.0769. The van der Waals surface area contributed by atoms with E-state index in [0.29, 0.717) is 10.8 Å². The van der Waals surface area contributed by atoms with E-state index in [9.17, 15) is 14.9 Å². The van der Waals surface area contributed by atoms with Gasteiger partial charge in [-0.1, -0.05) is 23.7 Å². The Bertz CT molecular complexity index is 661. The largest absolute Gasteiger partial charge is 0.477 e. The summed E-state index contributed by atoms with van der Waals surface area (Å²) in [6.07, 6.45) is 1.39. The third-order valence-electron chi connectivity index (χ3n) is 2.42.